The molecule has 116 valence electrons. The molecule has 0 aliphatic carbocycles. The molecule has 2 rings (SSSR count). The normalized spacial score (nSPS) is 17.7. The number of piperidine rings is 1. The van der Waals surface area contributed by atoms with Crippen molar-refractivity contribution in [3.8, 4) is 0 Å². The second-order valence-corrected chi connectivity index (χ2v) is 7.29. The van der Waals surface area contributed by atoms with Gasteiger partial charge in [0.1, 0.15) is 5.82 Å². The summed E-state index contributed by atoms with van der Waals surface area (Å²) < 4.78 is 37.2. The maximum Gasteiger partial charge on any atom is 0.229 e. The van der Waals surface area contributed by atoms with E-state index in [2.05, 4.69) is 0 Å². The van der Waals surface area contributed by atoms with E-state index in [0.717, 1.165) is 0 Å². The van der Waals surface area contributed by atoms with Crippen LogP contribution in [0.3, 0.4) is 0 Å². The fourth-order valence-corrected chi connectivity index (χ4v) is 3.37. The van der Waals surface area contributed by atoms with E-state index in [0.29, 0.717) is 31.6 Å². The van der Waals surface area contributed by atoms with Gasteiger partial charge in [-0.1, -0.05) is 0 Å². The van der Waals surface area contributed by atoms with Crippen LogP contribution < -0.4 is 4.90 Å². The van der Waals surface area contributed by atoms with Gasteiger partial charge < -0.3 is 4.90 Å². The van der Waals surface area contributed by atoms with Crippen LogP contribution in [-0.4, -0.2) is 45.0 Å². The van der Waals surface area contributed by atoms with E-state index in [1.807, 2.05) is 0 Å². The molecule has 0 unspecified atom stereocenters. The Kier molecular flexibility index (Phi) is 4.63. The van der Waals surface area contributed by atoms with Gasteiger partial charge in [0.05, 0.1) is 6.26 Å². The van der Waals surface area contributed by atoms with E-state index in [1.165, 1.54) is 27.6 Å². The van der Waals surface area contributed by atoms with Gasteiger partial charge in [-0.25, -0.2) is 17.1 Å². The van der Waals surface area contributed by atoms with Crippen molar-refractivity contribution < 1.29 is 17.6 Å². The Balaban J connectivity index is 2.00. The second kappa shape index (κ2) is 6.11. The van der Waals surface area contributed by atoms with Crippen molar-refractivity contribution in [3.05, 3.63) is 30.1 Å². The number of hydrogen-bond acceptors (Lipinski definition) is 3. The molecule has 0 saturated carbocycles. The molecule has 1 aromatic carbocycles. The van der Waals surface area contributed by atoms with Gasteiger partial charge >= 0.3 is 0 Å². The molecule has 0 aromatic heterocycles. The summed E-state index contributed by atoms with van der Waals surface area (Å²) >= 11 is 0. The summed E-state index contributed by atoms with van der Waals surface area (Å²) in [4.78, 5) is 13.9. The number of nitrogens with zero attached hydrogens (tertiary/aromatic N) is 2. The minimum absolute atomic E-state index is 0.0604. The van der Waals surface area contributed by atoms with Crippen LogP contribution in [0.5, 0.6) is 0 Å². The molecule has 21 heavy (non-hydrogen) atoms. The monoisotopic (exact) mass is 314 g/mol. The van der Waals surface area contributed by atoms with Crippen LogP contribution in [0.25, 0.3) is 0 Å². The Morgan fingerprint density at radius 1 is 1.24 bits per heavy atom. The van der Waals surface area contributed by atoms with E-state index in [1.54, 1.807) is 19.2 Å². The van der Waals surface area contributed by atoms with Gasteiger partial charge in [-0.2, -0.15) is 0 Å². The maximum absolute atomic E-state index is 12.9. The number of carbonyl (C=O) groups excluding carboxylic acids is 1. The van der Waals surface area contributed by atoms with Crippen LogP contribution in [0.15, 0.2) is 24.3 Å². The highest BCUT2D eigenvalue weighted by molar-refractivity contribution is 7.88. The molecule has 0 N–H and O–H groups in total. The molecule has 1 aromatic rings. The molecule has 1 aliphatic heterocycles. The topological polar surface area (TPSA) is 57.7 Å². The van der Waals surface area contributed by atoms with Crippen molar-refractivity contribution in [1.29, 1.82) is 0 Å². The lowest BCUT2D eigenvalue weighted by atomic mass is 9.96. The largest absolute Gasteiger partial charge is 0.315 e. The zero-order valence-corrected chi connectivity index (χ0v) is 12.9. The SMILES string of the molecule is CN(C(=O)C1CCN(S(C)(=O)=O)CC1)c1ccc(F)cc1. The molecule has 0 bridgehead atoms. The molecule has 0 atom stereocenters. The van der Waals surface area contributed by atoms with Gasteiger partial charge in [0.15, 0.2) is 0 Å². The van der Waals surface area contributed by atoms with Crippen molar-refractivity contribution in [3.63, 3.8) is 0 Å². The van der Waals surface area contributed by atoms with Crippen molar-refractivity contribution in [2.45, 2.75) is 12.8 Å². The van der Waals surface area contributed by atoms with E-state index in [9.17, 15) is 17.6 Å². The number of rotatable bonds is 3. The summed E-state index contributed by atoms with van der Waals surface area (Å²) in [6.07, 6.45) is 2.20. The number of carbonyl (C=O) groups is 1. The van der Waals surface area contributed by atoms with Crippen molar-refractivity contribution in [2.24, 2.45) is 5.92 Å². The molecular weight excluding hydrogens is 295 g/mol. The smallest absolute Gasteiger partial charge is 0.229 e. The average molecular weight is 314 g/mol. The minimum atomic E-state index is -3.19. The number of halogens is 1. The molecular formula is C14H19FN2O3S. The van der Waals surface area contributed by atoms with Gasteiger partial charge in [0.25, 0.3) is 0 Å². The van der Waals surface area contributed by atoms with E-state index in [4.69, 9.17) is 0 Å². The number of sulfonamides is 1. The predicted molar refractivity (Wildman–Crippen MR) is 79.0 cm³/mol. The lowest BCUT2D eigenvalue weighted by Crippen LogP contribution is -2.43. The van der Waals surface area contributed by atoms with Crippen LogP contribution in [-0.2, 0) is 14.8 Å². The zero-order valence-electron chi connectivity index (χ0n) is 12.1. The predicted octanol–water partition coefficient (Wildman–Crippen LogP) is 1.46. The molecule has 1 amide bonds. The summed E-state index contributed by atoms with van der Waals surface area (Å²) in [7, 11) is -1.53. The van der Waals surface area contributed by atoms with Crippen LogP contribution in [0, 0.1) is 11.7 Å². The number of hydrogen-bond donors (Lipinski definition) is 0. The van der Waals surface area contributed by atoms with Gasteiger partial charge in [-0.05, 0) is 37.1 Å². The summed E-state index contributed by atoms with van der Waals surface area (Å²) in [5.41, 5.74) is 0.631. The molecule has 0 radical (unpaired) electrons. The highest BCUT2D eigenvalue weighted by atomic mass is 32.2. The Morgan fingerprint density at radius 3 is 2.24 bits per heavy atom. The van der Waals surface area contributed by atoms with E-state index < -0.39 is 10.0 Å². The van der Waals surface area contributed by atoms with Crippen molar-refractivity contribution >= 4 is 21.6 Å². The Hall–Kier alpha value is -1.47. The molecule has 1 aliphatic rings. The quantitative estimate of drug-likeness (QED) is 0.849. The second-order valence-electron chi connectivity index (χ2n) is 5.31. The van der Waals surface area contributed by atoms with Crippen LogP contribution in [0.1, 0.15) is 12.8 Å². The molecule has 7 heteroatoms. The lowest BCUT2D eigenvalue weighted by Gasteiger charge is -2.31. The molecule has 0 spiro atoms. The first kappa shape index (κ1) is 15.9. The molecule has 5 nitrogen and oxygen atoms in total. The summed E-state index contributed by atoms with van der Waals surface area (Å²) in [6.45, 7) is 0.735. The standard InChI is InChI=1S/C14H19FN2O3S/c1-16(13-5-3-12(15)4-6-13)14(18)11-7-9-17(10-8-11)21(2,19)20/h3-6,11H,7-10H2,1-2H3. The first-order valence-electron chi connectivity index (χ1n) is 6.77. The van der Waals surface area contributed by atoms with Gasteiger partial charge in [0.2, 0.25) is 15.9 Å². The summed E-state index contributed by atoms with van der Waals surface area (Å²) in [6, 6.07) is 5.73. The maximum atomic E-state index is 12.9. The lowest BCUT2D eigenvalue weighted by molar-refractivity contribution is -0.123. The highest BCUT2D eigenvalue weighted by Crippen LogP contribution is 2.23. The molecule has 1 saturated heterocycles. The van der Waals surface area contributed by atoms with Crippen molar-refractivity contribution in [1.82, 2.24) is 4.31 Å². The van der Waals surface area contributed by atoms with Gasteiger partial charge in [-0.15, -0.1) is 0 Å². The summed E-state index contributed by atoms with van der Waals surface area (Å²) in [5.74, 6) is -0.603. The number of amides is 1. The number of benzene rings is 1. The third-order valence-electron chi connectivity index (χ3n) is 3.82. The zero-order chi connectivity index (χ0) is 15.6. The van der Waals surface area contributed by atoms with Crippen LogP contribution in [0.2, 0.25) is 0 Å². The van der Waals surface area contributed by atoms with Gasteiger partial charge in [0, 0.05) is 31.7 Å². The molecule has 1 fully saturated rings. The van der Waals surface area contributed by atoms with Crippen molar-refractivity contribution in [2.75, 3.05) is 31.3 Å². The Morgan fingerprint density at radius 2 is 1.76 bits per heavy atom. The van der Waals surface area contributed by atoms with Gasteiger partial charge in [-0.3, -0.25) is 4.79 Å². The third-order valence-corrected chi connectivity index (χ3v) is 5.12. The fourth-order valence-electron chi connectivity index (χ4n) is 2.50. The van der Waals surface area contributed by atoms with E-state index >= 15 is 0 Å². The molecule has 1 heterocycles. The Labute approximate surface area is 124 Å². The van der Waals surface area contributed by atoms with Crippen LogP contribution >= 0.6 is 0 Å². The Bertz CT molecular complexity index is 608. The average Bonchev–Trinajstić information content (AvgIpc) is 2.46. The minimum Gasteiger partial charge on any atom is -0.315 e. The fraction of sp³-hybridized carbons (Fsp3) is 0.500. The first-order valence-corrected chi connectivity index (χ1v) is 8.62. The number of anilines is 1. The highest BCUT2D eigenvalue weighted by Gasteiger charge is 2.30. The first-order chi connectivity index (χ1) is 9.79. The summed E-state index contributed by atoms with van der Waals surface area (Å²) in [5, 5.41) is 0. The van der Waals surface area contributed by atoms with Crippen LogP contribution in [0.4, 0.5) is 10.1 Å². The third kappa shape index (κ3) is 3.79. The van der Waals surface area contributed by atoms with E-state index in [-0.39, 0.29) is 17.6 Å².